The molecule has 0 radical (unpaired) electrons. The Hall–Kier alpha value is -0.160. The zero-order valence-electron chi connectivity index (χ0n) is 16.0. The zero-order chi connectivity index (χ0) is 17.2. The average Bonchev–Trinajstić information content (AvgIpc) is 3.37. The van der Waals surface area contributed by atoms with Gasteiger partial charge in [-0.15, -0.1) is 0 Å². The van der Waals surface area contributed by atoms with E-state index >= 15 is 0 Å². The van der Waals surface area contributed by atoms with Crippen LogP contribution in [0.25, 0.3) is 0 Å². The van der Waals surface area contributed by atoms with Crippen molar-refractivity contribution >= 4 is 0 Å². The third-order valence-electron chi connectivity index (χ3n) is 5.21. The van der Waals surface area contributed by atoms with Gasteiger partial charge in [0.15, 0.2) is 0 Å². The van der Waals surface area contributed by atoms with Crippen LogP contribution in [0.2, 0.25) is 0 Å². The summed E-state index contributed by atoms with van der Waals surface area (Å²) in [4.78, 5) is 0. The van der Waals surface area contributed by atoms with Crippen LogP contribution in [0.1, 0.15) is 78.1 Å². The van der Waals surface area contributed by atoms with Gasteiger partial charge in [0.25, 0.3) is 5.97 Å². The average molecular weight is 331 g/mol. The lowest BCUT2D eigenvalue weighted by Gasteiger charge is -2.47. The molecule has 0 aromatic rings. The molecule has 1 aliphatic heterocycles. The molecule has 2 unspecified atom stereocenters. The van der Waals surface area contributed by atoms with E-state index in [4.69, 9.17) is 18.9 Å². The maximum atomic E-state index is 5.78. The molecule has 0 N–H and O–H groups in total. The second kappa shape index (κ2) is 10.7. The highest BCUT2D eigenvalue weighted by atomic mass is 16.9. The van der Waals surface area contributed by atoms with Crippen molar-refractivity contribution in [1.29, 1.82) is 0 Å². The number of epoxide rings is 1. The van der Waals surface area contributed by atoms with Crippen LogP contribution in [0.3, 0.4) is 0 Å². The first-order valence-electron chi connectivity index (χ1n) is 9.40. The summed E-state index contributed by atoms with van der Waals surface area (Å²) >= 11 is 0. The molecule has 4 heteroatoms. The van der Waals surface area contributed by atoms with Crippen LogP contribution in [0.15, 0.2) is 0 Å². The Labute approximate surface area is 143 Å². The fourth-order valence-electron chi connectivity index (χ4n) is 4.00. The molecule has 0 saturated carbocycles. The van der Waals surface area contributed by atoms with Gasteiger partial charge in [0.2, 0.25) is 0 Å². The molecule has 1 heterocycles. The van der Waals surface area contributed by atoms with Gasteiger partial charge in [-0.05, 0) is 19.3 Å². The largest absolute Gasteiger partial charge is 0.373 e. The van der Waals surface area contributed by atoms with Gasteiger partial charge < -0.3 is 18.9 Å². The Balaban J connectivity index is 2.76. The minimum atomic E-state index is -0.974. The minimum Gasteiger partial charge on any atom is -0.373 e. The first-order chi connectivity index (χ1) is 11.1. The topological polar surface area (TPSA) is 40.2 Å². The SMILES string of the molecule is CCCCCCCCC(CCC)(CC1CO1)C(OC)(OC)OC. The minimum absolute atomic E-state index is 0.147. The molecule has 0 aromatic heterocycles. The highest BCUT2D eigenvalue weighted by Crippen LogP contribution is 2.49. The Morgan fingerprint density at radius 3 is 1.87 bits per heavy atom. The highest BCUT2D eigenvalue weighted by molar-refractivity contribution is 4.93. The van der Waals surface area contributed by atoms with E-state index in [-0.39, 0.29) is 5.41 Å². The van der Waals surface area contributed by atoms with Crippen molar-refractivity contribution in [2.24, 2.45) is 5.41 Å². The van der Waals surface area contributed by atoms with Crippen LogP contribution in [-0.2, 0) is 18.9 Å². The number of unbranched alkanes of at least 4 members (excludes halogenated alkanes) is 5. The Bertz CT molecular complexity index is 291. The van der Waals surface area contributed by atoms with Crippen LogP contribution in [0, 0.1) is 5.41 Å². The molecule has 23 heavy (non-hydrogen) atoms. The smallest absolute Gasteiger partial charge is 0.288 e. The zero-order valence-corrected chi connectivity index (χ0v) is 16.0. The van der Waals surface area contributed by atoms with E-state index in [1.54, 1.807) is 21.3 Å². The summed E-state index contributed by atoms with van der Waals surface area (Å²) in [7, 11) is 5.06. The second-order valence-corrected chi connectivity index (χ2v) is 6.88. The third kappa shape index (κ3) is 5.70. The van der Waals surface area contributed by atoms with Gasteiger partial charge in [-0.25, -0.2) is 0 Å². The van der Waals surface area contributed by atoms with Gasteiger partial charge in [0, 0.05) is 21.3 Å². The van der Waals surface area contributed by atoms with E-state index < -0.39 is 5.97 Å². The number of hydrogen-bond acceptors (Lipinski definition) is 4. The molecule has 2 atom stereocenters. The lowest BCUT2D eigenvalue weighted by molar-refractivity contribution is -0.411. The van der Waals surface area contributed by atoms with E-state index in [0.29, 0.717) is 6.10 Å². The Morgan fingerprint density at radius 2 is 1.39 bits per heavy atom. The van der Waals surface area contributed by atoms with Gasteiger partial charge in [-0.2, -0.15) is 0 Å². The number of rotatable bonds is 15. The van der Waals surface area contributed by atoms with Crippen LogP contribution < -0.4 is 0 Å². The number of ether oxygens (including phenoxy) is 4. The molecule has 0 spiro atoms. The molecule has 1 rings (SSSR count). The normalized spacial score (nSPS) is 20.5. The molecule has 1 saturated heterocycles. The van der Waals surface area contributed by atoms with Crippen molar-refractivity contribution in [3.63, 3.8) is 0 Å². The maximum absolute atomic E-state index is 5.78. The van der Waals surface area contributed by atoms with Crippen molar-refractivity contribution in [3.05, 3.63) is 0 Å². The lowest BCUT2D eigenvalue weighted by atomic mass is 9.72. The number of methoxy groups -OCH3 is 3. The van der Waals surface area contributed by atoms with Gasteiger partial charge >= 0.3 is 0 Å². The number of hydrogen-bond donors (Lipinski definition) is 0. The molecule has 4 nitrogen and oxygen atoms in total. The predicted octanol–water partition coefficient (Wildman–Crippen LogP) is 4.91. The van der Waals surface area contributed by atoms with Crippen molar-refractivity contribution < 1.29 is 18.9 Å². The Morgan fingerprint density at radius 1 is 0.826 bits per heavy atom. The molecule has 0 bridgehead atoms. The van der Waals surface area contributed by atoms with Crippen molar-refractivity contribution in [1.82, 2.24) is 0 Å². The molecular formula is C19H38O4. The summed E-state index contributed by atoms with van der Waals surface area (Å²) in [6.45, 7) is 5.33. The third-order valence-corrected chi connectivity index (χ3v) is 5.21. The summed E-state index contributed by atoms with van der Waals surface area (Å²) in [6.07, 6.45) is 12.2. The Kier molecular flexibility index (Phi) is 9.67. The van der Waals surface area contributed by atoms with E-state index in [0.717, 1.165) is 32.3 Å². The molecule has 138 valence electrons. The first-order valence-corrected chi connectivity index (χ1v) is 9.40. The van der Waals surface area contributed by atoms with E-state index in [9.17, 15) is 0 Å². The standard InChI is InChI=1S/C19H38O4/c1-6-8-9-10-11-12-14-18(13-7-2,15-17-16-23-17)19(20-3,21-4)22-5/h17H,6-16H2,1-5H3. The molecule has 0 amide bonds. The molecule has 1 aliphatic rings. The molecule has 1 fully saturated rings. The first kappa shape index (κ1) is 20.9. The molecular weight excluding hydrogens is 292 g/mol. The molecule has 0 aromatic carbocycles. The van der Waals surface area contributed by atoms with Crippen LogP contribution in [0.5, 0.6) is 0 Å². The predicted molar refractivity (Wildman–Crippen MR) is 93.4 cm³/mol. The van der Waals surface area contributed by atoms with Crippen molar-refractivity contribution in [2.45, 2.75) is 90.1 Å². The summed E-state index contributed by atoms with van der Waals surface area (Å²) in [6, 6.07) is 0. The van der Waals surface area contributed by atoms with E-state index in [1.807, 2.05) is 0 Å². The highest BCUT2D eigenvalue weighted by Gasteiger charge is 2.55. The van der Waals surface area contributed by atoms with Crippen molar-refractivity contribution in [3.8, 4) is 0 Å². The van der Waals surface area contributed by atoms with Crippen LogP contribution in [-0.4, -0.2) is 40.0 Å². The van der Waals surface area contributed by atoms with Crippen LogP contribution >= 0.6 is 0 Å². The maximum Gasteiger partial charge on any atom is 0.288 e. The van der Waals surface area contributed by atoms with Crippen molar-refractivity contribution in [2.75, 3.05) is 27.9 Å². The summed E-state index contributed by atoms with van der Waals surface area (Å²) in [5, 5.41) is 0. The fraction of sp³-hybridized carbons (Fsp3) is 1.00. The van der Waals surface area contributed by atoms with Gasteiger partial charge in [-0.1, -0.05) is 58.8 Å². The van der Waals surface area contributed by atoms with Gasteiger partial charge in [0.05, 0.1) is 18.1 Å². The van der Waals surface area contributed by atoms with E-state index in [1.165, 1.54) is 38.5 Å². The summed E-state index contributed by atoms with van der Waals surface area (Å²) in [5.74, 6) is -0.974. The van der Waals surface area contributed by atoms with Crippen LogP contribution in [0.4, 0.5) is 0 Å². The van der Waals surface area contributed by atoms with Gasteiger partial charge in [-0.3, -0.25) is 0 Å². The van der Waals surface area contributed by atoms with E-state index in [2.05, 4.69) is 13.8 Å². The summed E-state index contributed by atoms with van der Waals surface area (Å²) < 4.78 is 22.9. The fourth-order valence-corrected chi connectivity index (χ4v) is 4.00. The molecule has 0 aliphatic carbocycles. The lowest BCUT2D eigenvalue weighted by Crippen LogP contribution is -2.53. The quantitative estimate of drug-likeness (QED) is 0.243. The van der Waals surface area contributed by atoms with Gasteiger partial charge in [0.1, 0.15) is 0 Å². The monoisotopic (exact) mass is 330 g/mol. The second-order valence-electron chi connectivity index (χ2n) is 6.88. The summed E-state index contributed by atoms with van der Waals surface area (Å²) in [5.41, 5.74) is -0.147.